The van der Waals surface area contributed by atoms with Crippen LogP contribution >= 0.6 is 0 Å². The fraction of sp³-hybridized carbons (Fsp3) is 0.500. The predicted molar refractivity (Wildman–Crippen MR) is 132 cm³/mol. The van der Waals surface area contributed by atoms with E-state index in [2.05, 4.69) is 19.9 Å². The summed E-state index contributed by atoms with van der Waals surface area (Å²) < 4.78 is 3.60. The quantitative estimate of drug-likeness (QED) is 0.571. The lowest BCUT2D eigenvalue weighted by Gasteiger charge is -2.19. The largest absolute Gasteiger partial charge is 0.355 e. The molecule has 1 amide bonds. The van der Waals surface area contributed by atoms with E-state index in [1.165, 1.54) is 30.4 Å². The van der Waals surface area contributed by atoms with Crippen LogP contribution in [0.25, 0.3) is 16.5 Å². The fourth-order valence-corrected chi connectivity index (χ4v) is 4.90. The van der Waals surface area contributed by atoms with Gasteiger partial charge in [-0.25, -0.2) is 0 Å². The Kier molecular flexibility index (Phi) is 7.60. The van der Waals surface area contributed by atoms with E-state index in [1.54, 1.807) is 6.20 Å². The minimum absolute atomic E-state index is 0.102. The van der Waals surface area contributed by atoms with Crippen LogP contribution in [0.3, 0.4) is 0 Å². The van der Waals surface area contributed by atoms with E-state index >= 15 is 0 Å². The molecule has 33 heavy (non-hydrogen) atoms. The van der Waals surface area contributed by atoms with Gasteiger partial charge in [-0.3, -0.25) is 9.59 Å². The highest BCUT2D eigenvalue weighted by Gasteiger charge is 2.17. The number of likely N-dealkylation sites (tertiary alicyclic amines) is 1. The van der Waals surface area contributed by atoms with Crippen LogP contribution in [0.2, 0.25) is 0 Å². The van der Waals surface area contributed by atoms with E-state index in [0.717, 1.165) is 55.1 Å². The van der Waals surface area contributed by atoms with Gasteiger partial charge in [-0.05, 0) is 58.3 Å². The highest BCUT2D eigenvalue weighted by Crippen LogP contribution is 2.23. The molecule has 1 saturated heterocycles. The number of carbonyl (C=O) groups is 1. The highest BCUT2D eigenvalue weighted by atomic mass is 16.1. The lowest BCUT2D eigenvalue weighted by atomic mass is 10.2. The zero-order valence-corrected chi connectivity index (χ0v) is 19.8. The van der Waals surface area contributed by atoms with Crippen molar-refractivity contribution in [1.82, 2.24) is 24.6 Å². The molecule has 7 heteroatoms. The Bertz CT molecular complexity index is 1140. The number of fused-ring (bicyclic) bond motifs is 1. The summed E-state index contributed by atoms with van der Waals surface area (Å²) in [5.74, 6) is 0.102. The number of hydrogen-bond acceptors (Lipinski definition) is 4. The van der Waals surface area contributed by atoms with E-state index in [0.29, 0.717) is 18.4 Å². The van der Waals surface area contributed by atoms with Crippen molar-refractivity contribution in [2.45, 2.75) is 58.9 Å². The molecule has 1 N–H and O–H groups in total. The summed E-state index contributed by atoms with van der Waals surface area (Å²) in [5, 5.41) is 9.06. The number of carbonyl (C=O) groups excluding carboxylic acids is 1. The molecule has 4 rings (SSSR count). The number of hydrogen-bond donors (Lipinski definition) is 1. The lowest BCUT2D eigenvalue weighted by Crippen LogP contribution is -2.35. The molecule has 176 valence electrons. The van der Waals surface area contributed by atoms with Crippen molar-refractivity contribution >= 4 is 16.7 Å². The van der Waals surface area contributed by atoms with Crippen LogP contribution in [0, 0.1) is 13.8 Å². The zero-order valence-electron chi connectivity index (χ0n) is 19.8. The maximum atomic E-state index is 13.2. The summed E-state index contributed by atoms with van der Waals surface area (Å²) in [6.07, 6.45) is 8.18. The Morgan fingerprint density at radius 3 is 2.45 bits per heavy atom. The van der Waals surface area contributed by atoms with E-state index in [1.807, 2.05) is 44.2 Å². The number of nitrogens with zero attached hydrogens (tertiary/aromatic N) is 4. The first-order valence-corrected chi connectivity index (χ1v) is 12.2. The number of benzene rings is 1. The molecular weight excluding hydrogens is 414 g/mol. The van der Waals surface area contributed by atoms with Gasteiger partial charge in [-0.1, -0.05) is 31.0 Å². The van der Waals surface area contributed by atoms with Crippen LogP contribution in [-0.2, 0) is 11.3 Å². The van der Waals surface area contributed by atoms with Gasteiger partial charge in [-0.15, -0.1) is 0 Å². The third-order valence-corrected chi connectivity index (χ3v) is 6.77. The van der Waals surface area contributed by atoms with E-state index in [9.17, 15) is 9.59 Å². The second-order valence-corrected chi connectivity index (χ2v) is 9.02. The topological polar surface area (TPSA) is 72.2 Å². The van der Waals surface area contributed by atoms with Gasteiger partial charge in [0.1, 0.15) is 0 Å². The van der Waals surface area contributed by atoms with Crippen molar-refractivity contribution in [2.75, 3.05) is 26.2 Å². The number of rotatable bonds is 8. The highest BCUT2D eigenvalue weighted by molar-refractivity contribution is 5.87. The maximum absolute atomic E-state index is 13.2. The summed E-state index contributed by atoms with van der Waals surface area (Å²) in [5.41, 5.74) is 2.60. The predicted octanol–water partition coefficient (Wildman–Crippen LogP) is 3.58. The first-order valence-electron chi connectivity index (χ1n) is 12.2. The normalized spacial score (nSPS) is 15.0. The van der Waals surface area contributed by atoms with Crippen LogP contribution in [0.5, 0.6) is 0 Å². The molecule has 0 atom stereocenters. The Labute approximate surface area is 195 Å². The Morgan fingerprint density at radius 2 is 1.73 bits per heavy atom. The molecule has 0 spiro atoms. The molecule has 0 aliphatic carbocycles. The minimum Gasteiger partial charge on any atom is -0.355 e. The third kappa shape index (κ3) is 5.36. The molecule has 1 aromatic carbocycles. The molecule has 7 nitrogen and oxygen atoms in total. The smallest absolute Gasteiger partial charge is 0.281 e. The van der Waals surface area contributed by atoms with Gasteiger partial charge in [0.15, 0.2) is 0 Å². The molecule has 2 aromatic heterocycles. The summed E-state index contributed by atoms with van der Waals surface area (Å²) in [7, 11) is 0. The average Bonchev–Trinajstić information content (AvgIpc) is 2.98. The summed E-state index contributed by atoms with van der Waals surface area (Å²) >= 11 is 0. The fourth-order valence-electron chi connectivity index (χ4n) is 4.90. The van der Waals surface area contributed by atoms with Crippen molar-refractivity contribution in [1.29, 1.82) is 0 Å². The molecule has 3 aromatic rings. The average molecular weight is 450 g/mol. The van der Waals surface area contributed by atoms with Gasteiger partial charge in [0.2, 0.25) is 5.91 Å². The molecule has 1 aliphatic heterocycles. The molecule has 1 fully saturated rings. The number of aryl methyl sites for hydroxylation is 2. The van der Waals surface area contributed by atoms with E-state index < -0.39 is 0 Å². The summed E-state index contributed by atoms with van der Waals surface area (Å²) in [6, 6.07) is 9.48. The summed E-state index contributed by atoms with van der Waals surface area (Å²) in [4.78, 5) is 28.0. The molecule has 0 unspecified atom stereocenters. The van der Waals surface area contributed by atoms with Gasteiger partial charge < -0.3 is 14.8 Å². The Morgan fingerprint density at radius 1 is 1.00 bits per heavy atom. The molecular formula is C26H35N5O2. The van der Waals surface area contributed by atoms with Crippen molar-refractivity contribution in [3.05, 3.63) is 58.3 Å². The van der Waals surface area contributed by atoms with Crippen LogP contribution in [0.1, 0.15) is 49.9 Å². The SMILES string of the molecule is Cc1c2cnn(-c3ccccc3)c(=O)c2c(C)n1CCCC(=O)NCCN1CCCCCC1. The van der Waals surface area contributed by atoms with E-state index in [-0.39, 0.29) is 11.5 Å². The first-order chi connectivity index (χ1) is 16.1. The van der Waals surface area contributed by atoms with Gasteiger partial charge in [0.25, 0.3) is 5.56 Å². The first kappa shape index (κ1) is 23.2. The maximum Gasteiger partial charge on any atom is 0.281 e. The van der Waals surface area contributed by atoms with Crippen molar-refractivity contribution in [3.63, 3.8) is 0 Å². The van der Waals surface area contributed by atoms with Crippen LogP contribution in [0.15, 0.2) is 41.3 Å². The molecule has 1 aliphatic rings. The summed E-state index contributed by atoms with van der Waals surface area (Å²) in [6.45, 7) is 8.66. The van der Waals surface area contributed by atoms with Crippen LogP contribution in [0.4, 0.5) is 0 Å². The van der Waals surface area contributed by atoms with Gasteiger partial charge in [0, 0.05) is 42.8 Å². The van der Waals surface area contributed by atoms with Crippen molar-refractivity contribution in [2.24, 2.45) is 0 Å². The van der Waals surface area contributed by atoms with Gasteiger partial charge in [0.05, 0.1) is 17.3 Å². The van der Waals surface area contributed by atoms with Gasteiger partial charge in [-0.2, -0.15) is 9.78 Å². The monoisotopic (exact) mass is 449 g/mol. The Balaban J connectivity index is 1.36. The Hall–Kier alpha value is -2.93. The molecule has 0 bridgehead atoms. The number of amides is 1. The third-order valence-electron chi connectivity index (χ3n) is 6.77. The van der Waals surface area contributed by atoms with E-state index in [4.69, 9.17) is 0 Å². The van der Waals surface area contributed by atoms with Gasteiger partial charge >= 0.3 is 0 Å². The molecule has 0 radical (unpaired) electrons. The van der Waals surface area contributed by atoms with Crippen LogP contribution in [-0.4, -0.2) is 51.3 Å². The lowest BCUT2D eigenvalue weighted by molar-refractivity contribution is -0.121. The number of para-hydroxylation sites is 1. The second-order valence-electron chi connectivity index (χ2n) is 9.02. The number of nitrogens with one attached hydrogen (secondary N) is 1. The van der Waals surface area contributed by atoms with Crippen molar-refractivity contribution < 1.29 is 4.79 Å². The second kappa shape index (κ2) is 10.8. The standard InChI is InChI=1S/C26H35N5O2/c1-20-23-19-28-31(22-11-6-5-7-12-22)26(33)25(23)21(2)30(20)17-10-13-24(32)27-14-18-29-15-8-3-4-9-16-29/h5-7,11-12,19H,3-4,8-10,13-18H2,1-2H3,(H,27,32). The number of aromatic nitrogens is 3. The minimum atomic E-state index is -0.107. The molecule has 0 saturated carbocycles. The molecule has 3 heterocycles. The zero-order chi connectivity index (χ0) is 23.2. The van der Waals surface area contributed by atoms with Crippen LogP contribution < -0.4 is 10.9 Å². The van der Waals surface area contributed by atoms with Crippen molar-refractivity contribution in [3.8, 4) is 5.69 Å².